The molecule has 0 aliphatic heterocycles. The molecule has 2 aliphatic rings. The molecule has 0 aromatic carbocycles. The summed E-state index contributed by atoms with van der Waals surface area (Å²) in [6.45, 7) is 0. The van der Waals surface area contributed by atoms with Crippen LogP contribution in [0.3, 0.4) is 0 Å². The number of methoxy groups -OCH3 is 2. The highest BCUT2D eigenvalue weighted by Crippen LogP contribution is 2.31. The molecule has 0 unspecified atom stereocenters. The highest BCUT2D eigenvalue weighted by molar-refractivity contribution is 5.99. The van der Waals surface area contributed by atoms with Crippen LogP contribution in [-0.2, 0) is 15.7 Å². The fourth-order valence-electron chi connectivity index (χ4n) is 2.56. The van der Waals surface area contributed by atoms with Crippen LogP contribution in [-0.4, -0.2) is 36.1 Å². The van der Waals surface area contributed by atoms with Crippen molar-refractivity contribution >= 4 is 11.5 Å². The molecule has 6 nitrogen and oxygen atoms in total. The Balaban J connectivity index is 2.11. The van der Waals surface area contributed by atoms with Crippen LogP contribution < -0.4 is 5.32 Å². The topological polar surface area (TPSA) is 73.3 Å². The summed E-state index contributed by atoms with van der Waals surface area (Å²) in [5.41, 5.74) is 0.161. The van der Waals surface area contributed by atoms with E-state index in [1.165, 1.54) is 20.3 Å². The number of rotatable bonds is 5. The number of aromatic nitrogens is 2. The molecule has 0 radical (unpaired) electrons. The molecule has 1 N–H and O–H groups in total. The minimum absolute atomic E-state index is 0.0258. The maximum Gasteiger partial charge on any atom is 0.451 e. The SMILES string of the molecule is COC1=C(OC)CC=CC(c2nc(C(F)(F)F)ncc2C(=O)NC2CC2)=C1. The molecule has 1 fully saturated rings. The third-order valence-electron chi connectivity index (χ3n) is 4.10. The van der Waals surface area contributed by atoms with Gasteiger partial charge in [-0.05, 0) is 18.9 Å². The summed E-state index contributed by atoms with van der Waals surface area (Å²) < 4.78 is 49.8. The molecule has 1 aromatic heterocycles. The second kappa shape index (κ2) is 7.42. The molecule has 1 amide bonds. The van der Waals surface area contributed by atoms with E-state index in [-0.39, 0.29) is 17.3 Å². The van der Waals surface area contributed by atoms with Crippen LogP contribution in [0.5, 0.6) is 0 Å². The zero-order valence-corrected chi connectivity index (χ0v) is 14.8. The first-order valence-electron chi connectivity index (χ1n) is 8.28. The predicted octanol–water partition coefficient (Wildman–Crippen LogP) is 3.24. The quantitative estimate of drug-likeness (QED) is 0.848. The molecule has 2 aliphatic carbocycles. The summed E-state index contributed by atoms with van der Waals surface area (Å²) in [5.74, 6) is -0.959. The van der Waals surface area contributed by atoms with Crippen molar-refractivity contribution in [3.8, 4) is 0 Å². The van der Waals surface area contributed by atoms with Gasteiger partial charge in [0, 0.05) is 24.2 Å². The van der Waals surface area contributed by atoms with Gasteiger partial charge in [-0.1, -0.05) is 12.2 Å². The van der Waals surface area contributed by atoms with Gasteiger partial charge in [0.05, 0.1) is 25.5 Å². The second-order valence-electron chi connectivity index (χ2n) is 6.10. The largest absolute Gasteiger partial charge is 0.497 e. The third kappa shape index (κ3) is 4.29. The summed E-state index contributed by atoms with van der Waals surface area (Å²) >= 11 is 0. The Morgan fingerprint density at radius 3 is 2.59 bits per heavy atom. The average Bonchev–Trinajstić information content (AvgIpc) is 3.46. The van der Waals surface area contributed by atoms with Crippen LogP contribution >= 0.6 is 0 Å². The average molecular weight is 381 g/mol. The number of carbonyl (C=O) groups is 1. The van der Waals surface area contributed by atoms with Crippen molar-refractivity contribution in [2.75, 3.05) is 14.2 Å². The minimum Gasteiger partial charge on any atom is -0.497 e. The molecule has 1 aromatic rings. The predicted molar refractivity (Wildman–Crippen MR) is 90.3 cm³/mol. The molecule has 0 atom stereocenters. The monoisotopic (exact) mass is 381 g/mol. The lowest BCUT2D eigenvalue weighted by Gasteiger charge is -2.13. The number of halogens is 3. The molecule has 144 valence electrons. The van der Waals surface area contributed by atoms with E-state index in [1.54, 1.807) is 12.2 Å². The highest BCUT2D eigenvalue weighted by atomic mass is 19.4. The van der Waals surface area contributed by atoms with Crippen molar-refractivity contribution in [3.63, 3.8) is 0 Å². The Kier molecular flexibility index (Phi) is 5.20. The zero-order chi connectivity index (χ0) is 19.6. The molecule has 9 heteroatoms. The zero-order valence-electron chi connectivity index (χ0n) is 14.8. The number of alkyl halides is 3. The van der Waals surface area contributed by atoms with Gasteiger partial charge >= 0.3 is 6.18 Å². The fourth-order valence-corrected chi connectivity index (χ4v) is 2.56. The van der Waals surface area contributed by atoms with Gasteiger partial charge in [0.25, 0.3) is 5.91 Å². The van der Waals surface area contributed by atoms with Crippen LogP contribution in [0.4, 0.5) is 13.2 Å². The second-order valence-corrected chi connectivity index (χ2v) is 6.10. The molecule has 3 rings (SSSR count). The first-order valence-corrected chi connectivity index (χ1v) is 8.28. The van der Waals surface area contributed by atoms with Crippen LogP contribution in [0.15, 0.2) is 35.9 Å². The number of carbonyl (C=O) groups excluding carboxylic acids is 1. The lowest BCUT2D eigenvalue weighted by atomic mass is 10.1. The van der Waals surface area contributed by atoms with Gasteiger partial charge < -0.3 is 14.8 Å². The van der Waals surface area contributed by atoms with Gasteiger partial charge in [0.15, 0.2) is 5.76 Å². The Morgan fingerprint density at radius 2 is 2.00 bits per heavy atom. The van der Waals surface area contributed by atoms with Crippen molar-refractivity contribution in [3.05, 3.63) is 53.0 Å². The van der Waals surface area contributed by atoms with Crippen LogP contribution in [0, 0.1) is 0 Å². The van der Waals surface area contributed by atoms with E-state index in [9.17, 15) is 18.0 Å². The molecular weight excluding hydrogens is 363 g/mol. The Hall–Kier alpha value is -2.84. The smallest absolute Gasteiger partial charge is 0.451 e. The molecule has 0 spiro atoms. The first kappa shape index (κ1) is 18.9. The van der Waals surface area contributed by atoms with Crippen LogP contribution in [0.2, 0.25) is 0 Å². The van der Waals surface area contributed by atoms with Crippen molar-refractivity contribution < 1.29 is 27.4 Å². The number of hydrogen-bond donors (Lipinski definition) is 1. The Morgan fingerprint density at radius 1 is 1.26 bits per heavy atom. The van der Waals surface area contributed by atoms with Gasteiger partial charge in [-0.25, -0.2) is 9.97 Å². The number of nitrogens with zero attached hydrogens (tertiary/aromatic N) is 2. The number of amides is 1. The molecular formula is C18H18F3N3O3. The lowest BCUT2D eigenvalue weighted by Crippen LogP contribution is -2.27. The number of ether oxygens (including phenoxy) is 2. The minimum atomic E-state index is -4.73. The molecule has 0 bridgehead atoms. The van der Waals surface area contributed by atoms with Gasteiger partial charge in [0.1, 0.15) is 5.76 Å². The summed E-state index contributed by atoms with van der Waals surface area (Å²) in [5, 5.41) is 2.75. The van der Waals surface area contributed by atoms with Crippen molar-refractivity contribution in [1.82, 2.24) is 15.3 Å². The summed E-state index contributed by atoms with van der Waals surface area (Å²) in [7, 11) is 2.90. The Labute approximate surface area is 153 Å². The highest BCUT2D eigenvalue weighted by Gasteiger charge is 2.36. The van der Waals surface area contributed by atoms with E-state index in [0.29, 0.717) is 23.5 Å². The summed E-state index contributed by atoms with van der Waals surface area (Å²) in [6.07, 6.45) is 3.05. The maximum atomic E-state index is 13.1. The van der Waals surface area contributed by atoms with Crippen molar-refractivity contribution in [2.24, 2.45) is 0 Å². The maximum absolute atomic E-state index is 13.1. The van der Waals surface area contributed by atoms with E-state index in [0.717, 1.165) is 19.0 Å². The number of nitrogens with one attached hydrogen (secondary N) is 1. The van der Waals surface area contributed by atoms with E-state index < -0.39 is 17.9 Å². The van der Waals surface area contributed by atoms with Gasteiger partial charge in [-0.15, -0.1) is 0 Å². The standard InChI is InChI=1S/C18H18F3N3O3/c1-26-13-5-3-4-10(8-14(13)27-2)15-12(16(25)23-11-6-7-11)9-22-17(24-15)18(19,20)21/h3-4,8-9,11H,5-7H2,1-2H3,(H,23,25). The van der Waals surface area contributed by atoms with E-state index in [1.807, 2.05) is 0 Å². The normalized spacial score (nSPS) is 17.3. The van der Waals surface area contributed by atoms with E-state index >= 15 is 0 Å². The number of allylic oxidation sites excluding steroid dienone is 4. The fraction of sp³-hybridized carbons (Fsp3) is 0.389. The van der Waals surface area contributed by atoms with Crippen LogP contribution in [0.1, 0.15) is 41.1 Å². The van der Waals surface area contributed by atoms with E-state index in [2.05, 4.69) is 15.3 Å². The van der Waals surface area contributed by atoms with E-state index in [4.69, 9.17) is 9.47 Å². The summed E-state index contributed by atoms with van der Waals surface area (Å²) in [6, 6.07) is 0.0424. The van der Waals surface area contributed by atoms with Crippen molar-refractivity contribution in [2.45, 2.75) is 31.5 Å². The third-order valence-corrected chi connectivity index (χ3v) is 4.10. The van der Waals surface area contributed by atoms with Crippen molar-refractivity contribution in [1.29, 1.82) is 0 Å². The van der Waals surface area contributed by atoms with Gasteiger partial charge in [-0.2, -0.15) is 13.2 Å². The Bertz CT molecular complexity index is 840. The molecule has 0 saturated heterocycles. The molecule has 1 heterocycles. The summed E-state index contributed by atoms with van der Waals surface area (Å²) in [4.78, 5) is 19.5. The first-order chi connectivity index (χ1) is 12.8. The number of hydrogen-bond acceptors (Lipinski definition) is 5. The lowest BCUT2D eigenvalue weighted by molar-refractivity contribution is -0.145. The molecule has 27 heavy (non-hydrogen) atoms. The van der Waals surface area contributed by atoms with Gasteiger partial charge in [0.2, 0.25) is 5.82 Å². The molecule has 1 saturated carbocycles. The van der Waals surface area contributed by atoms with Crippen LogP contribution in [0.25, 0.3) is 5.57 Å². The van der Waals surface area contributed by atoms with Gasteiger partial charge in [-0.3, -0.25) is 4.79 Å².